The van der Waals surface area contributed by atoms with Crippen LogP contribution in [0.5, 0.6) is 0 Å². The van der Waals surface area contributed by atoms with Crippen molar-refractivity contribution in [1.82, 2.24) is 24.4 Å². The van der Waals surface area contributed by atoms with Gasteiger partial charge in [0.1, 0.15) is 5.69 Å². The molecule has 1 amide bonds. The molecule has 3 heterocycles. The topological polar surface area (TPSA) is 93.4 Å². The summed E-state index contributed by atoms with van der Waals surface area (Å²) in [6.07, 6.45) is 4.69. The van der Waals surface area contributed by atoms with E-state index in [1.54, 1.807) is 29.1 Å². The number of carbonyl (C=O) groups excluding carboxylic acids is 1. The van der Waals surface area contributed by atoms with Gasteiger partial charge < -0.3 is 14.5 Å². The van der Waals surface area contributed by atoms with Crippen LogP contribution in [0.15, 0.2) is 41.7 Å². The van der Waals surface area contributed by atoms with E-state index >= 15 is 0 Å². The van der Waals surface area contributed by atoms with Crippen molar-refractivity contribution in [2.45, 2.75) is 13.5 Å². The van der Waals surface area contributed by atoms with Crippen molar-refractivity contribution in [3.05, 3.63) is 58.7 Å². The van der Waals surface area contributed by atoms with Crippen molar-refractivity contribution in [2.24, 2.45) is 0 Å². The third-order valence-corrected chi connectivity index (χ3v) is 5.28. The third-order valence-electron chi connectivity index (χ3n) is 5.28. The van der Waals surface area contributed by atoms with Gasteiger partial charge in [-0.05, 0) is 25.1 Å². The number of carbonyl (C=O) groups is 1. The number of aryl methyl sites for hydroxylation is 1. The van der Waals surface area contributed by atoms with E-state index in [4.69, 9.17) is 4.74 Å². The normalized spacial score (nSPS) is 14.3. The second kappa shape index (κ2) is 8.58. The van der Waals surface area contributed by atoms with Crippen LogP contribution in [0, 0.1) is 6.92 Å². The van der Waals surface area contributed by atoms with E-state index in [0.29, 0.717) is 55.9 Å². The number of hydrogen-bond acceptors (Lipinski definition) is 7. The summed E-state index contributed by atoms with van der Waals surface area (Å²) in [7, 11) is 1.60. The van der Waals surface area contributed by atoms with Crippen LogP contribution in [-0.2, 0) is 11.3 Å². The molecule has 0 saturated carbocycles. The lowest BCUT2D eigenvalue weighted by Gasteiger charge is -2.36. The van der Waals surface area contributed by atoms with E-state index < -0.39 is 0 Å². The molecule has 4 rings (SSSR count). The molecule has 0 unspecified atom stereocenters. The molecular weight excluding hydrogens is 384 g/mol. The molecule has 0 N–H and O–H groups in total. The SMILES string of the molecule is COCCn1cnc2cc(N3CCN(C(=O)c4cnc(C)cn4)CC3)ccc2c1=O. The summed E-state index contributed by atoms with van der Waals surface area (Å²) in [6.45, 7) is 5.36. The number of methoxy groups -OCH3 is 1. The highest BCUT2D eigenvalue weighted by atomic mass is 16.5. The van der Waals surface area contributed by atoms with Gasteiger partial charge in [-0.1, -0.05) is 0 Å². The van der Waals surface area contributed by atoms with Crippen LogP contribution in [0.2, 0.25) is 0 Å². The van der Waals surface area contributed by atoms with Crippen molar-refractivity contribution in [1.29, 1.82) is 0 Å². The molecule has 0 bridgehead atoms. The zero-order valence-corrected chi connectivity index (χ0v) is 17.1. The van der Waals surface area contributed by atoms with Crippen LogP contribution >= 0.6 is 0 Å². The maximum absolute atomic E-state index is 12.6. The first kappa shape index (κ1) is 20.0. The molecule has 1 fully saturated rings. The highest BCUT2D eigenvalue weighted by Gasteiger charge is 2.23. The van der Waals surface area contributed by atoms with Crippen molar-refractivity contribution < 1.29 is 9.53 Å². The van der Waals surface area contributed by atoms with Crippen molar-refractivity contribution in [3.63, 3.8) is 0 Å². The Kier molecular flexibility index (Phi) is 5.71. The standard InChI is InChI=1S/C21H24N6O3/c1-15-12-23-19(13-22-15)21(29)26-7-5-25(6-8-26)16-3-4-17-18(11-16)24-14-27(20(17)28)9-10-30-2/h3-4,11-14H,5-10H2,1-2H3. The summed E-state index contributed by atoms with van der Waals surface area (Å²) in [5.41, 5.74) is 2.74. The molecule has 1 aliphatic heterocycles. The Balaban J connectivity index is 1.46. The first-order valence-corrected chi connectivity index (χ1v) is 9.88. The molecular formula is C21H24N6O3. The van der Waals surface area contributed by atoms with Crippen molar-refractivity contribution in [2.75, 3.05) is 44.8 Å². The zero-order valence-electron chi connectivity index (χ0n) is 17.1. The maximum atomic E-state index is 12.6. The minimum atomic E-state index is -0.0982. The molecule has 156 valence electrons. The Bertz CT molecular complexity index is 1100. The predicted octanol–water partition coefficient (Wildman–Crippen LogP) is 1.10. The van der Waals surface area contributed by atoms with E-state index in [1.807, 2.05) is 25.1 Å². The fourth-order valence-electron chi connectivity index (χ4n) is 3.53. The van der Waals surface area contributed by atoms with Crippen LogP contribution in [0.1, 0.15) is 16.2 Å². The zero-order chi connectivity index (χ0) is 21.1. The van der Waals surface area contributed by atoms with Gasteiger partial charge >= 0.3 is 0 Å². The number of benzene rings is 1. The number of rotatable bonds is 5. The predicted molar refractivity (Wildman–Crippen MR) is 113 cm³/mol. The second-order valence-electron chi connectivity index (χ2n) is 7.26. The minimum absolute atomic E-state index is 0.0711. The van der Waals surface area contributed by atoms with Gasteiger partial charge in [0.25, 0.3) is 11.5 Å². The molecule has 30 heavy (non-hydrogen) atoms. The van der Waals surface area contributed by atoms with Gasteiger partial charge in [-0.15, -0.1) is 0 Å². The lowest BCUT2D eigenvalue weighted by molar-refractivity contribution is 0.0740. The van der Waals surface area contributed by atoms with E-state index in [0.717, 1.165) is 11.4 Å². The number of anilines is 1. The second-order valence-corrected chi connectivity index (χ2v) is 7.26. The number of aromatic nitrogens is 4. The summed E-state index contributed by atoms with van der Waals surface area (Å²) < 4.78 is 6.60. The van der Waals surface area contributed by atoms with Crippen LogP contribution in [0.4, 0.5) is 5.69 Å². The first-order valence-electron chi connectivity index (χ1n) is 9.88. The van der Waals surface area contributed by atoms with Gasteiger partial charge in [0.05, 0.1) is 42.3 Å². The van der Waals surface area contributed by atoms with Gasteiger partial charge in [-0.2, -0.15) is 0 Å². The van der Waals surface area contributed by atoms with Gasteiger partial charge in [0.2, 0.25) is 0 Å². The van der Waals surface area contributed by atoms with E-state index in [2.05, 4.69) is 19.9 Å². The Labute approximate surface area is 173 Å². The van der Waals surface area contributed by atoms with Crippen LogP contribution in [0.25, 0.3) is 10.9 Å². The fraction of sp³-hybridized carbons (Fsp3) is 0.381. The molecule has 9 nitrogen and oxygen atoms in total. The first-order chi connectivity index (χ1) is 14.6. The smallest absolute Gasteiger partial charge is 0.274 e. The van der Waals surface area contributed by atoms with Crippen molar-refractivity contribution in [3.8, 4) is 0 Å². The lowest BCUT2D eigenvalue weighted by Crippen LogP contribution is -2.49. The van der Waals surface area contributed by atoms with E-state index in [-0.39, 0.29) is 11.5 Å². The highest BCUT2D eigenvalue weighted by molar-refractivity contribution is 5.92. The Morgan fingerprint density at radius 1 is 1.10 bits per heavy atom. The third kappa shape index (κ3) is 4.02. The molecule has 9 heteroatoms. The average molecular weight is 408 g/mol. The number of amides is 1. The number of hydrogen-bond donors (Lipinski definition) is 0. The summed E-state index contributed by atoms with van der Waals surface area (Å²) in [5.74, 6) is -0.0982. The number of ether oxygens (including phenoxy) is 1. The van der Waals surface area contributed by atoms with Crippen molar-refractivity contribution >= 4 is 22.5 Å². The molecule has 1 saturated heterocycles. The van der Waals surface area contributed by atoms with Gasteiger partial charge in [0.15, 0.2) is 0 Å². The molecule has 1 aromatic carbocycles. The summed E-state index contributed by atoms with van der Waals surface area (Å²) in [4.78, 5) is 42.0. The highest BCUT2D eigenvalue weighted by Crippen LogP contribution is 2.21. The molecule has 2 aromatic heterocycles. The average Bonchev–Trinajstić information content (AvgIpc) is 2.78. The van der Waals surface area contributed by atoms with Crippen LogP contribution < -0.4 is 10.5 Å². The molecule has 0 radical (unpaired) electrons. The van der Waals surface area contributed by atoms with E-state index in [9.17, 15) is 9.59 Å². The fourth-order valence-corrected chi connectivity index (χ4v) is 3.53. The van der Waals surface area contributed by atoms with Gasteiger partial charge in [0, 0.05) is 45.2 Å². The molecule has 3 aromatic rings. The molecule has 0 aliphatic carbocycles. The maximum Gasteiger partial charge on any atom is 0.274 e. The number of nitrogens with zero attached hydrogens (tertiary/aromatic N) is 6. The molecule has 0 spiro atoms. The van der Waals surface area contributed by atoms with Gasteiger partial charge in [-0.3, -0.25) is 19.1 Å². The number of fused-ring (bicyclic) bond motifs is 1. The monoisotopic (exact) mass is 408 g/mol. The quantitative estimate of drug-likeness (QED) is 0.624. The number of piperazine rings is 1. The largest absolute Gasteiger partial charge is 0.383 e. The molecule has 1 aliphatic rings. The van der Waals surface area contributed by atoms with Crippen LogP contribution in [0.3, 0.4) is 0 Å². The van der Waals surface area contributed by atoms with E-state index in [1.165, 1.54) is 6.20 Å². The van der Waals surface area contributed by atoms with Crippen LogP contribution in [-0.4, -0.2) is 70.2 Å². The summed E-state index contributed by atoms with van der Waals surface area (Å²) in [5, 5.41) is 0.587. The summed E-state index contributed by atoms with van der Waals surface area (Å²) >= 11 is 0. The Morgan fingerprint density at radius 2 is 1.90 bits per heavy atom. The Morgan fingerprint density at radius 3 is 2.60 bits per heavy atom. The molecule has 0 atom stereocenters. The Hall–Kier alpha value is -3.33. The van der Waals surface area contributed by atoms with Gasteiger partial charge in [-0.25, -0.2) is 9.97 Å². The lowest BCUT2D eigenvalue weighted by atomic mass is 10.2. The minimum Gasteiger partial charge on any atom is -0.383 e. The summed E-state index contributed by atoms with van der Waals surface area (Å²) in [6, 6.07) is 5.69.